The van der Waals surface area contributed by atoms with Crippen LogP contribution >= 0.6 is 7.60 Å². The molecule has 0 aliphatic rings. The van der Waals surface area contributed by atoms with Crippen LogP contribution in [0.3, 0.4) is 0 Å². The Balaban J connectivity index is 3.94. The molecule has 0 aliphatic carbocycles. The third kappa shape index (κ3) is 7.85. The van der Waals surface area contributed by atoms with Gasteiger partial charge in [-0.3, -0.25) is 4.57 Å². The van der Waals surface area contributed by atoms with E-state index in [1.165, 1.54) is 0 Å². The van der Waals surface area contributed by atoms with Gasteiger partial charge in [0, 0.05) is 0 Å². The third-order valence-corrected chi connectivity index (χ3v) is 3.63. The molecule has 0 aliphatic heterocycles. The van der Waals surface area contributed by atoms with Gasteiger partial charge in [0.1, 0.15) is 0 Å². The van der Waals surface area contributed by atoms with Gasteiger partial charge in [0.25, 0.3) is 0 Å². The fraction of sp³-hybridized carbons (Fsp3) is 0.900. The molecule has 0 bridgehead atoms. The highest BCUT2D eigenvalue weighted by atomic mass is 31.2. The van der Waals surface area contributed by atoms with Gasteiger partial charge in [-0.2, -0.15) is 0 Å². The van der Waals surface area contributed by atoms with Gasteiger partial charge >= 0.3 is 7.60 Å². The minimum atomic E-state index is -3.62. The molecule has 0 saturated heterocycles. The maximum absolute atomic E-state index is 11.4. The molecule has 0 radical (unpaired) electrons. The van der Waals surface area contributed by atoms with E-state index in [1.54, 1.807) is 0 Å². The highest BCUT2D eigenvalue weighted by Gasteiger charge is 2.19. The number of nitrogens with zero attached hydrogens (tertiary/aromatic N) is 1. The summed E-state index contributed by atoms with van der Waals surface area (Å²) in [6.07, 6.45) is 4.91. The molecule has 2 unspecified atom stereocenters. The van der Waals surface area contributed by atoms with Crippen molar-refractivity contribution in [3.05, 3.63) is 0 Å². The van der Waals surface area contributed by atoms with Crippen LogP contribution in [0.5, 0.6) is 0 Å². The molecule has 0 aromatic carbocycles. The SMILES string of the molecule is CCCCC(CC)COP(=O)(O)CC=NO. The van der Waals surface area contributed by atoms with Gasteiger partial charge in [-0.05, 0) is 12.3 Å². The average Bonchev–Trinajstić information content (AvgIpc) is 2.27. The Morgan fingerprint density at radius 3 is 2.69 bits per heavy atom. The van der Waals surface area contributed by atoms with Gasteiger partial charge in [-0.15, -0.1) is 5.16 Å². The van der Waals surface area contributed by atoms with Crippen molar-refractivity contribution in [3.8, 4) is 0 Å². The number of rotatable bonds is 9. The Morgan fingerprint density at radius 1 is 1.50 bits per heavy atom. The molecule has 5 nitrogen and oxygen atoms in total. The van der Waals surface area contributed by atoms with Crippen LogP contribution in [0, 0.1) is 5.92 Å². The number of oxime groups is 1. The van der Waals surface area contributed by atoms with E-state index in [-0.39, 0.29) is 6.16 Å². The minimum absolute atomic E-state index is 0.242. The summed E-state index contributed by atoms with van der Waals surface area (Å²) in [7, 11) is -3.62. The normalized spacial score (nSPS) is 17.4. The molecule has 0 aromatic heterocycles. The highest BCUT2D eigenvalue weighted by Crippen LogP contribution is 2.41. The van der Waals surface area contributed by atoms with E-state index >= 15 is 0 Å². The molecule has 0 spiro atoms. The van der Waals surface area contributed by atoms with Crippen molar-refractivity contribution >= 4 is 13.8 Å². The molecule has 0 fully saturated rings. The van der Waals surface area contributed by atoms with E-state index in [1.807, 2.05) is 6.92 Å². The van der Waals surface area contributed by atoms with Crippen LogP contribution in [-0.4, -0.2) is 29.1 Å². The standard InChI is InChI=1S/C10H22NO4P/c1-3-5-6-10(4-2)9-15-16(13,14)8-7-11-12/h7,10,12H,3-6,8-9H2,1-2H3,(H,13,14). The first-order valence-electron chi connectivity index (χ1n) is 5.68. The molecule has 0 rings (SSSR count). The molecule has 2 atom stereocenters. The van der Waals surface area contributed by atoms with E-state index in [0.717, 1.165) is 31.9 Å². The predicted molar refractivity (Wildman–Crippen MR) is 64.2 cm³/mol. The Hall–Kier alpha value is -0.380. The van der Waals surface area contributed by atoms with Crippen molar-refractivity contribution in [1.82, 2.24) is 0 Å². The van der Waals surface area contributed by atoms with Crippen LogP contribution in [0.25, 0.3) is 0 Å². The van der Waals surface area contributed by atoms with Crippen molar-refractivity contribution in [2.75, 3.05) is 12.8 Å². The largest absolute Gasteiger partial charge is 0.411 e. The summed E-state index contributed by atoms with van der Waals surface area (Å²) in [6, 6.07) is 0. The zero-order valence-corrected chi connectivity index (χ0v) is 10.9. The second kappa shape index (κ2) is 8.74. The Kier molecular flexibility index (Phi) is 8.53. The molecule has 0 aromatic rings. The maximum Gasteiger partial charge on any atom is 0.333 e. The minimum Gasteiger partial charge on any atom is -0.411 e. The molecule has 0 heterocycles. The number of unbranched alkanes of at least 4 members (excludes halogenated alkanes) is 1. The van der Waals surface area contributed by atoms with Gasteiger partial charge in [0.15, 0.2) is 0 Å². The first-order chi connectivity index (χ1) is 7.55. The second-order valence-electron chi connectivity index (χ2n) is 3.83. The fourth-order valence-electron chi connectivity index (χ4n) is 1.31. The van der Waals surface area contributed by atoms with Crippen molar-refractivity contribution in [1.29, 1.82) is 0 Å². The average molecular weight is 251 g/mol. The van der Waals surface area contributed by atoms with Gasteiger partial charge in [-0.25, -0.2) is 0 Å². The van der Waals surface area contributed by atoms with Crippen LogP contribution in [0.15, 0.2) is 5.16 Å². The number of hydrogen-bond donors (Lipinski definition) is 2. The van der Waals surface area contributed by atoms with Crippen LogP contribution in [0.4, 0.5) is 0 Å². The van der Waals surface area contributed by atoms with E-state index < -0.39 is 7.60 Å². The lowest BCUT2D eigenvalue weighted by Gasteiger charge is -2.16. The monoisotopic (exact) mass is 251 g/mol. The smallest absolute Gasteiger partial charge is 0.333 e. The molecule has 2 N–H and O–H groups in total. The Bertz CT molecular complexity index is 245. The predicted octanol–water partition coefficient (Wildman–Crippen LogP) is 2.86. The maximum atomic E-state index is 11.4. The summed E-state index contributed by atoms with van der Waals surface area (Å²) in [5.74, 6) is 0.325. The van der Waals surface area contributed by atoms with E-state index in [9.17, 15) is 9.46 Å². The molecule has 0 saturated carbocycles. The highest BCUT2D eigenvalue weighted by molar-refractivity contribution is 7.53. The lowest BCUT2D eigenvalue weighted by Crippen LogP contribution is -2.09. The summed E-state index contributed by atoms with van der Waals surface area (Å²) in [4.78, 5) is 9.35. The summed E-state index contributed by atoms with van der Waals surface area (Å²) in [5.41, 5.74) is 0. The first-order valence-corrected chi connectivity index (χ1v) is 7.44. The molecule has 96 valence electrons. The molecular formula is C10H22NO4P. The third-order valence-electron chi connectivity index (χ3n) is 2.45. The van der Waals surface area contributed by atoms with Crippen molar-refractivity contribution in [3.63, 3.8) is 0 Å². The molecule has 0 amide bonds. The van der Waals surface area contributed by atoms with E-state index in [0.29, 0.717) is 12.5 Å². The van der Waals surface area contributed by atoms with Gasteiger partial charge in [0.2, 0.25) is 0 Å². The fourth-order valence-corrected chi connectivity index (χ4v) is 2.14. The summed E-state index contributed by atoms with van der Waals surface area (Å²) >= 11 is 0. The van der Waals surface area contributed by atoms with Gasteiger partial charge < -0.3 is 14.6 Å². The summed E-state index contributed by atoms with van der Waals surface area (Å²) < 4.78 is 16.4. The lowest BCUT2D eigenvalue weighted by molar-refractivity contribution is 0.205. The van der Waals surface area contributed by atoms with Crippen LogP contribution in [0.1, 0.15) is 39.5 Å². The lowest BCUT2D eigenvalue weighted by atomic mass is 10.0. The zero-order chi connectivity index (χ0) is 12.4. The van der Waals surface area contributed by atoms with E-state index in [4.69, 9.17) is 9.73 Å². The topological polar surface area (TPSA) is 79.1 Å². The van der Waals surface area contributed by atoms with Gasteiger partial charge in [0.05, 0.1) is 19.0 Å². The van der Waals surface area contributed by atoms with Crippen LogP contribution in [-0.2, 0) is 9.09 Å². The van der Waals surface area contributed by atoms with Crippen molar-refractivity contribution < 1.29 is 19.2 Å². The zero-order valence-electron chi connectivity index (χ0n) is 10.0. The quantitative estimate of drug-likeness (QED) is 0.286. The van der Waals surface area contributed by atoms with E-state index in [2.05, 4.69) is 12.1 Å². The molecule has 16 heavy (non-hydrogen) atoms. The molecule has 6 heteroatoms. The molecular weight excluding hydrogens is 229 g/mol. The van der Waals surface area contributed by atoms with Crippen LogP contribution in [0.2, 0.25) is 0 Å². The Morgan fingerprint density at radius 2 is 2.19 bits per heavy atom. The first kappa shape index (κ1) is 15.6. The van der Waals surface area contributed by atoms with Crippen molar-refractivity contribution in [2.45, 2.75) is 39.5 Å². The number of hydrogen-bond acceptors (Lipinski definition) is 4. The summed E-state index contributed by atoms with van der Waals surface area (Å²) in [6.45, 7) is 4.45. The second-order valence-corrected chi connectivity index (χ2v) is 5.73. The Labute approximate surface area is 97.0 Å². The summed E-state index contributed by atoms with van der Waals surface area (Å²) in [5, 5.41) is 10.8. The van der Waals surface area contributed by atoms with Crippen molar-refractivity contribution in [2.24, 2.45) is 11.1 Å². The van der Waals surface area contributed by atoms with Gasteiger partial charge in [-0.1, -0.05) is 33.1 Å². The van der Waals surface area contributed by atoms with Crippen LogP contribution < -0.4 is 0 Å².